The van der Waals surface area contributed by atoms with Crippen molar-refractivity contribution in [1.82, 2.24) is 9.55 Å². The molecule has 7 nitrogen and oxygen atoms in total. The Morgan fingerprint density at radius 3 is 2.46 bits per heavy atom. The van der Waals surface area contributed by atoms with Crippen molar-refractivity contribution in [2.45, 2.75) is 32.8 Å². The van der Waals surface area contributed by atoms with Gasteiger partial charge in [-0.2, -0.15) is 0 Å². The van der Waals surface area contributed by atoms with E-state index in [2.05, 4.69) is 4.98 Å². The number of rotatable bonds is 4. The molecule has 6 rings (SSSR count). The van der Waals surface area contributed by atoms with Gasteiger partial charge in [-0.25, -0.2) is 18.1 Å². The SMILES string of the molecule is Cc1c(-c2c(F)cc(C(N)=O)c3c2-c2ccc(C(C)(C)O)cc2C3)cccc1-n1c(=O)[nH]c2cc(F)ccc2c1=O. The number of hydrogen-bond donors (Lipinski definition) is 3. The van der Waals surface area contributed by atoms with Crippen molar-refractivity contribution in [2.24, 2.45) is 5.73 Å². The van der Waals surface area contributed by atoms with Crippen molar-refractivity contribution in [2.75, 3.05) is 0 Å². The topological polar surface area (TPSA) is 118 Å². The number of nitrogens with two attached hydrogens (primary N) is 1. The molecule has 0 spiro atoms. The molecule has 0 unspecified atom stereocenters. The van der Waals surface area contributed by atoms with Crippen LogP contribution in [0.5, 0.6) is 0 Å². The van der Waals surface area contributed by atoms with E-state index in [1.807, 2.05) is 6.07 Å². The van der Waals surface area contributed by atoms with Gasteiger partial charge in [0.15, 0.2) is 0 Å². The van der Waals surface area contributed by atoms with Crippen LogP contribution < -0.4 is 17.0 Å². The molecule has 0 bridgehead atoms. The van der Waals surface area contributed by atoms with Gasteiger partial charge in [0.1, 0.15) is 11.6 Å². The van der Waals surface area contributed by atoms with Gasteiger partial charge in [-0.3, -0.25) is 9.59 Å². The summed E-state index contributed by atoms with van der Waals surface area (Å²) in [6, 6.07) is 14.9. The van der Waals surface area contributed by atoms with Gasteiger partial charge in [0.05, 0.1) is 22.2 Å². The van der Waals surface area contributed by atoms with E-state index in [0.29, 0.717) is 39.8 Å². The van der Waals surface area contributed by atoms with Gasteiger partial charge in [0, 0.05) is 11.1 Å². The zero-order valence-corrected chi connectivity index (χ0v) is 22.4. The summed E-state index contributed by atoms with van der Waals surface area (Å²) in [6.45, 7) is 5.00. The Kier molecular flexibility index (Phi) is 5.83. The molecule has 0 atom stereocenters. The van der Waals surface area contributed by atoms with Crippen molar-refractivity contribution < 1.29 is 18.7 Å². The maximum Gasteiger partial charge on any atom is 0.333 e. The second-order valence-electron chi connectivity index (χ2n) is 10.8. The Hall–Kier alpha value is -4.89. The van der Waals surface area contributed by atoms with Crippen molar-refractivity contribution in [3.05, 3.63) is 121 Å². The van der Waals surface area contributed by atoms with Gasteiger partial charge in [0.25, 0.3) is 5.56 Å². The summed E-state index contributed by atoms with van der Waals surface area (Å²) in [6.07, 6.45) is 0.305. The molecule has 0 saturated heterocycles. The lowest BCUT2D eigenvalue weighted by atomic mass is 9.88. The number of carbonyl (C=O) groups is 1. The van der Waals surface area contributed by atoms with E-state index in [0.717, 1.165) is 28.3 Å². The highest BCUT2D eigenvalue weighted by atomic mass is 19.1. The van der Waals surface area contributed by atoms with Gasteiger partial charge < -0.3 is 15.8 Å². The van der Waals surface area contributed by atoms with Crippen LogP contribution in [0, 0.1) is 18.6 Å². The number of hydrogen-bond acceptors (Lipinski definition) is 4. The van der Waals surface area contributed by atoms with Crippen molar-refractivity contribution in [1.29, 1.82) is 0 Å². The zero-order valence-electron chi connectivity index (χ0n) is 22.4. The number of nitrogens with one attached hydrogen (secondary N) is 1. The Balaban J connectivity index is 1.63. The molecule has 0 aliphatic heterocycles. The average molecular weight is 554 g/mol. The highest BCUT2D eigenvalue weighted by Crippen LogP contribution is 2.47. The maximum absolute atomic E-state index is 16.0. The predicted octanol–water partition coefficient (Wildman–Crippen LogP) is 4.83. The van der Waals surface area contributed by atoms with Crippen LogP contribution in [0.2, 0.25) is 0 Å². The van der Waals surface area contributed by atoms with Crippen LogP contribution in [-0.4, -0.2) is 20.6 Å². The second-order valence-corrected chi connectivity index (χ2v) is 10.8. The molecular formula is C32H25F2N3O4. The van der Waals surface area contributed by atoms with Crippen LogP contribution >= 0.6 is 0 Å². The number of amides is 1. The summed E-state index contributed by atoms with van der Waals surface area (Å²) in [5.74, 6) is -2.05. The highest BCUT2D eigenvalue weighted by molar-refractivity contribution is 6.02. The first kappa shape index (κ1) is 26.3. The molecule has 1 aliphatic rings. The number of aliphatic hydroxyl groups is 1. The lowest BCUT2D eigenvalue weighted by Gasteiger charge is -2.20. The second kappa shape index (κ2) is 9.07. The number of H-pyrrole nitrogens is 1. The first-order valence-electron chi connectivity index (χ1n) is 12.9. The van der Waals surface area contributed by atoms with E-state index in [9.17, 15) is 23.9 Å². The Morgan fingerprint density at radius 2 is 1.76 bits per heavy atom. The third-order valence-electron chi connectivity index (χ3n) is 7.78. The molecule has 4 N–H and O–H groups in total. The number of nitrogens with zero attached hydrogens (tertiary/aromatic N) is 1. The van der Waals surface area contributed by atoms with E-state index in [1.165, 1.54) is 6.07 Å². The van der Waals surface area contributed by atoms with Crippen LogP contribution in [0.3, 0.4) is 0 Å². The molecule has 41 heavy (non-hydrogen) atoms. The fourth-order valence-electron chi connectivity index (χ4n) is 5.76. The summed E-state index contributed by atoms with van der Waals surface area (Å²) in [4.78, 5) is 41.4. The van der Waals surface area contributed by atoms with E-state index >= 15 is 4.39 Å². The van der Waals surface area contributed by atoms with Crippen LogP contribution in [0.25, 0.3) is 38.8 Å². The van der Waals surface area contributed by atoms with Gasteiger partial charge >= 0.3 is 5.69 Å². The van der Waals surface area contributed by atoms with E-state index in [-0.39, 0.29) is 27.7 Å². The minimum absolute atomic E-state index is 0.0606. The molecule has 1 aliphatic carbocycles. The summed E-state index contributed by atoms with van der Waals surface area (Å²) < 4.78 is 30.7. The maximum atomic E-state index is 16.0. The minimum Gasteiger partial charge on any atom is -0.386 e. The quantitative estimate of drug-likeness (QED) is 0.290. The lowest BCUT2D eigenvalue weighted by molar-refractivity contribution is 0.0785. The molecule has 206 valence electrons. The summed E-state index contributed by atoms with van der Waals surface area (Å²) in [5.41, 5.74) is 7.74. The Morgan fingerprint density at radius 1 is 1.00 bits per heavy atom. The molecule has 1 aromatic heterocycles. The first-order chi connectivity index (χ1) is 19.4. The van der Waals surface area contributed by atoms with Gasteiger partial charge in [-0.15, -0.1) is 0 Å². The molecule has 1 heterocycles. The number of aromatic nitrogens is 2. The molecule has 0 radical (unpaired) electrons. The van der Waals surface area contributed by atoms with E-state index < -0.39 is 34.4 Å². The molecule has 0 fully saturated rings. The number of fused-ring (bicyclic) bond motifs is 4. The predicted molar refractivity (Wildman–Crippen MR) is 152 cm³/mol. The fraction of sp³-hybridized carbons (Fsp3) is 0.156. The highest BCUT2D eigenvalue weighted by Gasteiger charge is 2.31. The monoisotopic (exact) mass is 553 g/mol. The van der Waals surface area contributed by atoms with Crippen LogP contribution in [0.15, 0.2) is 70.3 Å². The summed E-state index contributed by atoms with van der Waals surface area (Å²) in [7, 11) is 0. The third kappa shape index (κ3) is 4.08. The molecule has 9 heteroatoms. The van der Waals surface area contributed by atoms with Crippen LogP contribution in [0.4, 0.5) is 8.78 Å². The van der Waals surface area contributed by atoms with Gasteiger partial charge in [-0.05, 0) is 96.5 Å². The van der Waals surface area contributed by atoms with Crippen molar-refractivity contribution in [3.63, 3.8) is 0 Å². The number of benzene rings is 4. The lowest BCUT2D eigenvalue weighted by Crippen LogP contribution is -2.34. The fourth-order valence-corrected chi connectivity index (χ4v) is 5.76. The molecule has 0 saturated carbocycles. The van der Waals surface area contributed by atoms with Gasteiger partial charge in [-0.1, -0.05) is 30.3 Å². The van der Waals surface area contributed by atoms with Crippen molar-refractivity contribution in [3.8, 4) is 27.9 Å². The number of carbonyl (C=O) groups excluding carboxylic acids is 1. The van der Waals surface area contributed by atoms with Gasteiger partial charge in [0.2, 0.25) is 5.91 Å². The summed E-state index contributed by atoms with van der Waals surface area (Å²) in [5, 5.41) is 10.7. The first-order valence-corrected chi connectivity index (χ1v) is 12.9. The Bertz CT molecular complexity index is 2070. The van der Waals surface area contributed by atoms with Crippen molar-refractivity contribution >= 4 is 16.8 Å². The number of aromatic amines is 1. The summed E-state index contributed by atoms with van der Waals surface area (Å²) >= 11 is 0. The smallest absolute Gasteiger partial charge is 0.333 e. The average Bonchev–Trinajstić information content (AvgIpc) is 3.27. The molecule has 1 amide bonds. The molecule has 4 aromatic carbocycles. The molecule has 5 aromatic rings. The third-order valence-corrected chi connectivity index (χ3v) is 7.78. The Labute approximate surface area is 232 Å². The standard InChI is InChI=1S/C32H25F2N3O4/c1-15-19(5-4-6-26(15)37-30(39)21-10-8-18(33)13-25(21)36-31(37)40)28-24(34)14-23(29(35)38)22-12-16-11-17(32(2,3)41)7-9-20(16)27(22)28/h4-11,13-14,41H,12H2,1-3H3,(H2,35,38)(H,36,40). The number of halogens is 2. The number of primary amides is 1. The van der Waals surface area contributed by atoms with Crippen LogP contribution in [-0.2, 0) is 12.0 Å². The minimum atomic E-state index is -1.11. The molecular weight excluding hydrogens is 528 g/mol. The van der Waals surface area contributed by atoms with E-state index in [4.69, 9.17) is 5.73 Å². The largest absolute Gasteiger partial charge is 0.386 e. The van der Waals surface area contributed by atoms with Crippen LogP contribution in [0.1, 0.15) is 46.5 Å². The normalized spacial score (nSPS) is 12.4. The van der Waals surface area contributed by atoms with E-state index in [1.54, 1.807) is 51.1 Å². The zero-order chi connectivity index (χ0) is 29.4.